The largest absolute Gasteiger partial charge is 0.375 e. The second-order valence-corrected chi connectivity index (χ2v) is 4.95. The van der Waals surface area contributed by atoms with Gasteiger partial charge in [-0.15, -0.1) is 17.8 Å². The van der Waals surface area contributed by atoms with Crippen molar-refractivity contribution in [3.05, 3.63) is 15.8 Å². The number of amides is 1. The van der Waals surface area contributed by atoms with E-state index in [1.807, 2.05) is 26.2 Å². The lowest BCUT2D eigenvalue weighted by atomic mass is 10.2. The molecule has 0 aliphatic rings. The SMILES string of the molecule is C#CC(C)N(C(=O)COC)c1c(C)csc1C. The molecular weight excluding hydrogens is 234 g/mol. The van der Waals surface area contributed by atoms with E-state index in [9.17, 15) is 4.79 Å². The van der Waals surface area contributed by atoms with Gasteiger partial charge in [0.2, 0.25) is 0 Å². The Labute approximate surface area is 106 Å². The third-order valence-corrected chi connectivity index (χ3v) is 3.54. The lowest BCUT2D eigenvalue weighted by Crippen LogP contribution is -2.40. The molecule has 1 rings (SSSR count). The van der Waals surface area contributed by atoms with Gasteiger partial charge in [0.15, 0.2) is 0 Å². The number of carbonyl (C=O) groups is 1. The van der Waals surface area contributed by atoms with Gasteiger partial charge < -0.3 is 4.74 Å². The maximum absolute atomic E-state index is 12.1. The van der Waals surface area contributed by atoms with Crippen LogP contribution in [-0.2, 0) is 9.53 Å². The molecule has 0 saturated carbocycles. The number of anilines is 1. The van der Waals surface area contributed by atoms with E-state index in [2.05, 4.69) is 5.92 Å². The Morgan fingerprint density at radius 2 is 2.29 bits per heavy atom. The van der Waals surface area contributed by atoms with E-state index in [1.54, 1.807) is 16.2 Å². The summed E-state index contributed by atoms with van der Waals surface area (Å²) in [7, 11) is 1.50. The summed E-state index contributed by atoms with van der Waals surface area (Å²) < 4.78 is 4.90. The van der Waals surface area contributed by atoms with E-state index < -0.39 is 0 Å². The van der Waals surface area contributed by atoms with E-state index in [0.29, 0.717) is 0 Å². The Balaban J connectivity index is 3.16. The van der Waals surface area contributed by atoms with Crippen LogP contribution in [0.5, 0.6) is 0 Å². The first-order chi connectivity index (χ1) is 8.02. The molecule has 4 heteroatoms. The van der Waals surface area contributed by atoms with Gasteiger partial charge in [0.1, 0.15) is 6.61 Å². The Hall–Kier alpha value is -1.31. The van der Waals surface area contributed by atoms with Gasteiger partial charge in [-0.2, -0.15) is 0 Å². The molecule has 1 aromatic heterocycles. The summed E-state index contributed by atoms with van der Waals surface area (Å²) in [5.41, 5.74) is 1.99. The first-order valence-corrected chi connectivity index (χ1v) is 6.22. The third kappa shape index (κ3) is 2.87. The van der Waals surface area contributed by atoms with Gasteiger partial charge in [-0.05, 0) is 31.7 Å². The van der Waals surface area contributed by atoms with Crippen molar-refractivity contribution in [3.8, 4) is 12.3 Å². The number of nitrogens with zero attached hydrogens (tertiary/aromatic N) is 1. The van der Waals surface area contributed by atoms with Crippen LogP contribution in [0.4, 0.5) is 5.69 Å². The standard InChI is InChI=1S/C13H17NO2S/c1-6-10(3)14(12(15)7-16-5)13-9(2)8-17-11(13)4/h1,8,10H,7H2,2-5H3. The van der Waals surface area contributed by atoms with E-state index in [0.717, 1.165) is 16.1 Å². The number of thiophene rings is 1. The molecule has 1 heterocycles. The van der Waals surface area contributed by atoms with E-state index in [-0.39, 0.29) is 18.6 Å². The van der Waals surface area contributed by atoms with Crippen molar-refractivity contribution in [2.24, 2.45) is 0 Å². The predicted molar refractivity (Wildman–Crippen MR) is 71.5 cm³/mol. The molecule has 1 unspecified atom stereocenters. The number of ether oxygens (including phenoxy) is 1. The fraction of sp³-hybridized carbons (Fsp3) is 0.462. The van der Waals surface area contributed by atoms with Crippen LogP contribution in [-0.4, -0.2) is 25.7 Å². The number of methoxy groups -OCH3 is 1. The Bertz CT molecular complexity index is 425. The van der Waals surface area contributed by atoms with Gasteiger partial charge in [0.05, 0.1) is 11.7 Å². The number of terminal acetylenes is 1. The molecule has 0 spiro atoms. The van der Waals surface area contributed by atoms with Crippen LogP contribution in [0.25, 0.3) is 0 Å². The first kappa shape index (κ1) is 13.8. The zero-order valence-corrected chi connectivity index (χ0v) is 11.4. The van der Waals surface area contributed by atoms with Gasteiger partial charge in [-0.25, -0.2) is 0 Å². The van der Waals surface area contributed by atoms with Crippen molar-refractivity contribution in [1.82, 2.24) is 0 Å². The monoisotopic (exact) mass is 251 g/mol. The maximum atomic E-state index is 12.1. The summed E-state index contributed by atoms with van der Waals surface area (Å²) in [5.74, 6) is 2.49. The normalized spacial score (nSPS) is 11.9. The molecule has 0 aromatic carbocycles. The predicted octanol–water partition coefficient (Wildman–Crippen LogP) is 2.37. The Kier molecular flexibility index (Phi) is 4.73. The van der Waals surface area contributed by atoms with Crippen molar-refractivity contribution in [2.45, 2.75) is 26.8 Å². The van der Waals surface area contributed by atoms with Gasteiger partial charge >= 0.3 is 0 Å². The zero-order chi connectivity index (χ0) is 13.0. The van der Waals surface area contributed by atoms with Gasteiger partial charge in [0.25, 0.3) is 5.91 Å². The summed E-state index contributed by atoms with van der Waals surface area (Å²) in [6, 6.07) is -0.273. The van der Waals surface area contributed by atoms with E-state index >= 15 is 0 Å². The highest BCUT2D eigenvalue weighted by atomic mass is 32.1. The van der Waals surface area contributed by atoms with Crippen molar-refractivity contribution < 1.29 is 9.53 Å². The lowest BCUT2D eigenvalue weighted by Gasteiger charge is -2.26. The molecule has 0 N–H and O–H groups in total. The quantitative estimate of drug-likeness (QED) is 0.769. The smallest absolute Gasteiger partial charge is 0.254 e. The molecule has 0 radical (unpaired) electrons. The van der Waals surface area contributed by atoms with Crippen molar-refractivity contribution in [3.63, 3.8) is 0 Å². The van der Waals surface area contributed by atoms with E-state index in [4.69, 9.17) is 11.2 Å². The van der Waals surface area contributed by atoms with Crippen molar-refractivity contribution in [2.75, 3.05) is 18.6 Å². The number of aryl methyl sites for hydroxylation is 2. The number of rotatable bonds is 4. The molecule has 17 heavy (non-hydrogen) atoms. The van der Waals surface area contributed by atoms with E-state index in [1.165, 1.54) is 7.11 Å². The molecule has 92 valence electrons. The molecule has 1 amide bonds. The highest BCUT2D eigenvalue weighted by Gasteiger charge is 2.24. The molecular formula is C13H17NO2S. The fourth-order valence-electron chi connectivity index (χ4n) is 1.73. The van der Waals surface area contributed by atoms with Crippen LogP contribution < -0.4 is 4.90 Å². The summed E-state index contributed by atoms with van der Waals surface area (Å²) in [6.45, 7) is 5.85. The molecule has 0 saturated heterocycles. The topological polar surface area (TPSA) is 29.5 Å². The molecule has 3 nitrogen and oxygen atoms in total. The molecule has 1 atom stereocenters. The highest BCUT2D eigenvalue weighted by Crippen LogP contribution is 2.31. The molecule has 0 aliphatic heterocycles. The van der Waals surface area contributed by atoms with Crippen LogP contribution in [0, 0.1) is 26.2 Å². The number of hydrogen-bond acceptors (Lipinski definition) is 3. The number of hydrogen-bond donors (Lipinski definition) is 0. The van der Waals surface area contributed by atoms with Crippen LogP contribution in [0.3, 0.4) is 0 Å². The van der Waals surface area contributed by atoms with Crippen LogP contribution in [0.15, 0.2) is 5.38 Å². The highest BCUT2D eigenvalue weighted by molar-refractivity contribution is 7.10. The molecule has 0 bridgehead atoms. The Morgan fingerprint density at radius 3 is 2.71 bits per heavy atom. The average Bonchev–Trinajstić information content (AvgIpc) is 2.61. The fourth-order valence-corrected chi connectivity index (χ4v) is 2.56. The molecule has 1 aromatic rings. The minimum absolute atomic E-state index is 0.0424. The third-order valence-electron chi connectivity index (χ3n) is 2.53. The summed E-state index contributed by atoms with van der Waals surface area (Å²) in [4.78, 5) is 14.8. The summed E-state index contributed by atoms with van der Waals surface area (Å²) >= 11 is 1.62. The molecule has 0 aliphatic carbocycles. The van der Waals surface area contributed by atoms with Crippen molar-refractivity contribution in [1.29, 1.82) is 0 Å². The van der Waals surface area contributed by atoms with Gasteiger partial charge in [0, 0.05) is 12.0 Å². The second-order valence-electron chi connectivity index (χ2n) is 3.86. The number of carbonyl (C=O) groups excluding carboxylic acids is 1. The second kappa shape index (κ2) is 5.85. The van der Waals surface area contributed by atoms with Crippen LogP contribution >= 0.6 is 11.3 Å². The maximum Gasteiger partial charge on any atom is 0.254 e. The van der Waals surface area contributed by atoms with Crippen molar-refractivity contribution >= 4 is 22.9 Å². The van der Waals surface area contributed by atoms with Gasteiger partial charge in [-0.1, -0.05) is 5.92 Å². The summed E-state index contributed by atoms with van der Waals surface area (Å²) in [5, 5.41) is 2.03. The van der Waals surface area contributed by atoms with Crippen LogP contribution in [0.2, 0.25) is 0 Å². The minimum Gasteiger partial charge on any atom is -0.375 e. The summed E-state index contributed by atoms with van der Waals surface area (Å²) in [6.07, 6.45) is 5.43. The Morgan fingerprint density at radius 1 is 1.65 bits per heavy atom. The van der Waals surface area contributed by atoms with Crippen LogP contribution in [0.1, 0.15) is 17.4 Å². The van der Waals surface area contributed by atoms with Gasteiger partial charge in [-0.3, -0.25) is 9.69 Å². The minimum atomic E-state index is -0.273. The zero-order valence-electron chi connectivity index (χ0n) is 10.6. The lowest BCUT2D eigenvalue weighted by molar-refractivity contribution is -0.122. The first-order valence-electron chi connectivity index (χ1n) is 5.34. The average molecular weight is 251 g/mol. The molecule has 0 fully saturated rings.